The van der Waals surface area contributed by atoms with E-state index in [1.54, 1.807) is 0 Å². The minimum absolute atomic E-state index is 0.444. The molecule has 0 atom stereocenters. The van der Waals surface area contributed by atoms with Crippen LogP contribution >= 0.6 is 15.9 Å². The highest BCUT2D eigenvalue weighted by Crippen LogP contribution is 2.26. The Morgan fingerprint density at radius 2 is 1.86 bits per heavy atom. The SMILES string of the molecule is CCCOc1ccc(CN)c(OCc2ccccc2Br)c1. The van der Waals surface area contributed by atoms with E-state index in [9.17, 15) is 0 Å². The molecule has 2 rings (SSSR count). The summed E-state index contributed by atoms with van der Waals surface area (Å²) in [5, 5.41) is 0. The molecule has 0 amide bonds. The normalized spacial score (nSPS) is 10.4. The van der Waals surface area contributed by atoms with Crippen LogP contribution in [0.3, 0.4) is 0 Å². The fourth-order valence-corrected chi connectivity index (χ4v) is 2.32. The molecule has 21 heavy (non-hydrogen) atoms. The lowest BCUT2D eigenvalue weighted by molar-refractivity contribution is 0.292. The van der Waals surface area contributed by atoms with E-state index in [0.29, 0.717) is 19.8 Å². The topological polar surface area (TPSA) is 44.5 Å². The van der Waals surface area contributed by atoms with E-state index in [-0.39, 0.29) is 0 Å². The summed E-state index contributed by atoms with van der Waals surface area (Å²) >= 11 is 3.52. The summed E-state index contributed by atoms with van der Waals surface area (Å²) < 4.78 is 12.6. The quantitative estimate of drug-likeness (QED) is 0.811. The molecule has 0 radical (unpaired) electrons. The first-order valence-corrected chi connectivity index (χ1v) is 7.86. The maximum Gasteiger partial charge on any atom is 0.127 e. The van der Waals surface area contributed by atoms with Crippen molar-refractivity contribution < 1.29 is 9.47 Å². The van der Waals surface area contributed by atoms with Crippen LogP contribution in [0.15, 0.2) is 46.9 Å². The van der Waals surface area contributed by atoms with Crippen molar-refractivity contribution in [2.75, 3.05) is 6.61 Å². The van der Waals surface area contributed by atoms with Gasteiger partial charge < -0.3 is 15.2 Å². The Labute approximate surface area is 134 Å². The van der Waals surface area contributed by atoms with Crippen LogP contribution in [0.25, 0.3) is 0 Å². The van der Waals surface area contributed by atoms with Gasteiger partial charge in [0.25, 0.3) is 0 Å². The van der Waals surface area contributed by atoms with E-state index in [0.717, 1.165) is 33.5 Å². The summed E-state index contributed by atoms with van der Waals surface area (Å²) in [5.41, 5.74) is 7.84. The monoisotopic (exact) mass is 349 g/mol. The molecule has 0 aromatic heterocycles. The lowest BCUT2D eigenvalue weighted by Gasteiger charge is -2.13. The van der Waals surface area contributed by atoms with Crippen molar-refractivity contribution in [2.45, 2.75) is 26.5 Å². The van der Waals surface area contributed by atoms with Gasteiger partial charge in [-0.25, -0.2) is 0 Å². The Morgan fingerprint density at radius 1 is 1.05 bits per heavy atom. The summed E-state index contributed by atoms with van der Waals surface area (Å²) in [6.07, 6.45) is 0.978. The number of nitrogens with two attached hydrogens (primary N) is 1. The highest BCUT2D eigenvalue weighted by Gasteiger charge is 2.07. The second-order valence-corrected chi connectivity index (χ2v) is 5.56. The largest absolute Gasteiger partial charge is 0.493 e. The molecular formula is C17H20BrNO2. The van der Waals surface area contributed by atoms with Crippen molar-refractivity contribution >= 4 is 15.9 Å². The van der Waals surface area contributed by atoms with Crippen LogP contribution in [0.4, 0.5) is 0 Å². The molecule has 4 heteroatoms. The number of hydrogen-bond donors (Lipinski definition) is 1. The first-order chi connectivity index (χ1) is 10.2. The van der Waals surface area contributed by atoms with E-state index in [1.165, 1.54) is 0 Å². The van der Waals surface area contributed by atoms with Gasteiger partial charge in [0.15, 0.2) is 0 Å². The minimum atomic E-state index is 0.444. The van der Waals surface area contributed by atoms with Crippen molar-refractivity contribution in [2.24, 2.45) is 5.73 Å². The summed E-state index contributed by atoms with van der Waals surface area (Å²) in [6, 6.07) is 13.8. The molecule has 2 aromatic rings. The third kappa shape index (κ3) is 4.48. The summed E-state index contributed by atoms with van der Waals surface area (Å²) in [4.78, 5) is 0. The molecule has 2 aromatic carbocycles. The third-order valence-corrected chi connectivity index (χ3v) is 3.85. The van der Waals surface area contributed by atoms with Gasteiger partial charge in [-0.05, 0) is 18.6 Å². The zero-order valence-corrected chi connectivity index (χ0v) is 13.7. The molecule has 0 aliphatic heterocycles. The van der Waals surface area contributed by atoms with Crippen LogP contribution in [0.2, 0.25) is 0 Å². The molecule has 3 nitrogen and oxygen atoms in total. The van der Waals surface area contributed by atoms with Crippen LogP contribution in [0.1, 0.15) is 24.5 Å². The maximum atomic E-state index is 5.93. The molecule has 0 aliphatic rings. The third-order valence-electron chi connectivity index (χ3n) is 3.07. The predicted octanol–water partition coefficient (Wildman–Crippen LogP) is 4.28. The highest BCUT2D eigenvalue weighted by atomic mass is 79.9. The standard InChI is InChI=1S/C17H20BrNO2/c1-2-9-20-15-8-7-13(11-19)17(10-15)21-12-14-5-3-4-6-16(14)18/h3-8,10H,2,9,11-12,19H2,1H3. The zero-order chi connectivity index (χ0) is 15.1. The number of benzene rings is 2. The lowest BCUT2D eigenvalue weighted by atomic mass is 10.2. The van der Waals surface area contributed by atoms with Gasteiger partial charge >= 0.3 is 0 Å². The average Bonchev–Trinajstić information content (AvgIpc) is 2.52. The first kappa shape index (κ1) is 15.9. The second-order valence-electron chi connectivity index (χ2n) is 4.70. The molecular weight excluding hydrogens is 330 g/mol. The first-order valence-electron chi connectivity index (χ1n) is 7.06. The Morgan fingerprint density at radius 3 is 2.57 bits per heavy atom. The van der Waals surface area contributed by atoms with Gasteiger partial charge in [-0.1, -0.05) is 47.1 Å². The molecule has 0 bridgehead atoms. The van der Waals surface area contributed by atoms with Gasteiger partial charge in [-0.15, -0.1) is 0 Å². The van der Waals surface area contributed by atoms with E-state index in [2.05, 4.69) is 22.9 Å². The number of rotatable bonds is 7. The Bertz CT molecular complexity index is 587. The van der Waals surface area contributed by atoms with Crippen molar-refractivity contribution in [1.29, 1.82) is 0 Å². The highest BCUT2D eigenvalue weighted by molar-refractivity contribution is 9.10. The van der Waals surface area contributed by atoms with Gasteiger partial charge in [-0.2, -0.15) is 0 Å². The average molecular weight is 350 g/mol. The van der Waals surface area contributed by atoms with E-state index in [4.69, 9.17) is 15.2 Å². The zero-order valence-electron chi connectivity index (χ0n) is 12.1. The van der Waals surface area contributed by atoms with Crippen molar-refractivity contribution in [3.63, 3.8) is 0 Å². The fourth-order valence-electron chi connectivity index (χ4n) is 1.92. The van der Waals surface area contributed by atoms with Crippen molar-refractivity contribution in [3.8, 4) is 11.5 Å². The Hall–Kier alpha value is -1.52. The molecule has 112 valence electrons. The van der Waals surface area contributed by atoms with E-state index in [1.807, 2.05) is 42.5 Å². The van der Waals surface area contributed by atoms with E-state index >= 15 is 0 Å². The van der Waals surface area contributed by atoms with Gasteiger partial charge in [0, 0.05) is 28.2 Å². The van der Waals surface area contributed by atoms with Crippen molar-refractivity contribution in [3.05, 3.63) is 58.1 Å². The van der Waals surface area contributed by atoms with Crippen LogP contribution in [-0.2, 0) is 13.2 Å². The minimum Gasteiger partial charge on any atom is -0.493 e. The lowest BCUT2D eigenvalue weighted by Crippen LogP contribution is -2.04. The summed E-state index contributed by atoms with van der Waals surface area (Å²) in [7, 11) is 0. The molecule has 0 unspecified atom stereocenters. The Kier molecular flexibility index (Phi) is 6.08. The van der Waals surface area contributed by atoms with Crippen molar-refractivity contribution in [1.82, 2.24) is 0 Å². The number of ether oxygens (including phenoxy) is 2. The summed E-state index contributed by atoms with van der Waals surface area (Å²) in [6.45, 7) is 3.72. The second kappa shape index (κ2) is 8.05. The van der Waals surface area contributed by atoms with E-state index < -0.39 is 0 Å². The molecule has 2 N–H and O–H groups in total. The molecule has 0 spiro atoms. The van der Waals surface area contributed by atoms with Gasteiger partial charge in [-0.3, -0.25) is 0 Å². The predicted molar refractivity (Wildman–Crippen MR) is 88.6 cm³/mol. The van der Waals surface area contributed by atoms with Crippen LogP contribution in [0.5, 0.6) is 11.5 Å². The molecule has 0 saturated carbocycles. The van der Waals surface area contributed by atoms with Crippen LogP contribution in [-0.4, -0.2) is 6.61 Å². The van der Waals surface area contributed by atoms with Crippen LogP contribution in [0, 0.1) is 0 Å². The van der Waals surface area contributed by atoms with Gasteiger partial charge in [0.2, 0.25) is 0 Å². The molecule has 0 heterocycles. The maximum absolute atomic E-state index is 5.93. The molecule has 0 saturated heterocycles. The number of hydrogen-bond acceptors (Lipinski definition) is 3. The van der Waals surface area contributed by atoms with Crippen LogP contribution < -0.4 is 15.2 Å². The summed E-state index contributed by atoms with van der Waals surface area (Å²) in [5.74, 6) is 1.60. The molecule has 0 aliphatic carbocycles. The molecule has 0 fully saturated rings. The van der Waals surface area contributed by atoms with Gasteiger partial charge in [0.05, 0.1) is 6.61 Å². The number of halogens is 1. The Balaban J connectivity index is 2.12. The smallest absolute Gasteiger partial charge is 0.127 e. The van der Waals surface area contributed by atoms with Gasteiger partial charge in [0.1, 0.15) is 18.1 Å². The fraction of sp³-hybridized carbons (Fsp3) is 0.294.